The van der Waals surface area contributed by atoms with Crippen molar-refractivity contribution in [3.63, 3.8) is 0 Å². The Hall–Kier alpha value is -3.35. The van der Waals surface area contributed by atoms with Crippen molar-refractivity contribution in [3.8, 4) is 11.3 Å². The van der Waals surface area contributed by atoms with E-state index < -0.39 is 0 Å². The Morgan fingerprint density at radius 2 is 1.81 bits per heavy atom. The molecule has 1 N–H and O–H groups in total. The lowest BCUT2D eigenvalue weighted by atomic mass is 10.1. The van der Waals surface area contributed by atoms with E-state index in [1.54, 1.807) is 17.0 Å². The second-order valence-corrected chi connectivity index (χ2v) is 6.08. The zero-order chi connectivity index (χ0) is 17.9. The van der Waals surface area contributed by atoms with Crippen molar-refractivity contribution >= 4 is 11.9 Å². The van der Waals surface area contributed by atoms with Gasteiger partial charge in [-0.25, -0.2) is 4.98 Å². The molecule has 132 valence electrons. The molecule has 1 amide bonds. The molecule has 1 aliphatic heterocycles. The van der Waals surface area contributed by atoms with Gasteiger partial charge in [0, 0.05) is 37.8 Å². The summed E-state index contributed by atoms with van der Waals surface area (Å²) in [5, 5.41) is 0. The Balaban J connectivity index is 1.50. The van der Waals surface area contributed by atoms with Crippen molar-refractivity contribution in [2.75, 3.05) is 31.1 Å². The van der Waals surface area contributed by atoms with Crippen molar-refractivity contribution in [1.29, 1.82) is 0 Å². The molecule has 0 spiro atoms. The molecule has 3 aromatic rings. The number of piperazine rings is 1. The topological polar surface area (TPSA) is 82.4 Å². The molecule has 0 bridgehead atoms. The number of carbonyl (C=O) groups is 1. The standard InChI is InChI=1S/C19H18N4O3/c24-17-13-15(14-5-2-1-3-6-14)20-19(21-17)23-10-8-22(9-11-23)18(25)16-7-4-12-26-16/h1-7,12-13H,8-11H2,(H,20,21,24). The number of furan rings is 1. The molecule has 0 unspecified atom stereocenters. The minimum absolute atomic E-state index is 0.117. The van der Waals surface area contributed by atoms with Crippen LogP contribution in [0.5, 0.6) is 0 Å². The first kappa shape index (κ1) is 16.1. The zero-order valence-electron chi connectivity index (χ0n) is 14.1. The van der Waals surface area contributed by atoms with Crippen molar-refractivity contribution in [2.24, 2.45) is 0 Å². The summed E-state index contributed by atoms with van der Waals surface area (Å²) >= 11 is 0. The van der Waals surface area contributed by atoms with Crippen LogP contribution < -0.4 is 10.5 Å². The molecular formula is C19H18N4O3. The predicted octanol–water partition coefficient (Wildman–Crippen LogP) is 1.99. The molecule has 0 atom stereocenters. The fourth-order valence-electron chi connectivity index (χ4n) is 3.03. The third-order valence-corrected chi connectivity index (χ3v) is 4.40. The van der Waals surface area contributed by atoms with Crippen LogP contribution in [0, 0.1) is 0 Å². The van der Waals surface area contributed by atoms with Gasteiger partial charge in [-0.1, -0.05) is 30.3 Å². The summed E-state index contributed by atoms with van der Waals surface area (Å²) in [5.41, 5.74) is 1.34. The SMILES string of the molecule is O=C(c1ccco1)N1CCN(c2nc(-c3ccccc3)cc(=O)[nH]2)CC1. The average Bonchev–Trinajstić information content (AvgIpc) is 3.22. The minimum atomic E-state index is -0.192. The highest BCUT2D eigenvalue weighted by molar-refractivity contribution is 5.91. The first-order valence-electron chi connectivity index (χ1n) is 8.45. The first-order valence-corrected chi connectivity index (χ1v) is 8.45. The number of nitrogens with zero attached hydrogens (tertiary/aromatic N) is 3. The molecule has 1 aliphatic rings. The third kappa shape index (κ3) is 3.23. The van der Waals surface area contributed by atoms with Crippen molar-refractivity contribution in [1.82, 2.24) is 14.9 Å². The Morgan fingerprint density at radius 3 is 2.50 bits per heavy atom. The molecule has 7 nitrogen and oxygen atoms in total. The highest BCUT2D eigenvalue weighted by Crippen LogP contribution is 2.18. The quantitative estimate of drug-likeness (QED) is 0.781. The molecule has 0 saturated carbocycles. The lowest BCUT2D eigenvalue weighted by Crippen LogP contribution is -2.49. The highest BCUT2D eigenvalue weighted by atomic mass is 16.3. The number of amides is 1. The summed E-state index contributed by atoms with van der Waals surface area (Å²) in [5.74, 6) is 0.756. The van der Waals surface area contributed by atoms with Gasteiger partial charge in [-0.15, -0.1) is 0 Å². The maximum atomic E-state index is 12.3. The number of rotatable bonds is 3. The summed E-state index contributed by atoms with van der Waals surface area (Å²) in [6.45, 7) is 2.26. The van der Waals surface area contributed by atoms with Gasteiger partial charge in [0.05, 0.1) is 12.0 Å². The predicted molar refractivity (Wildman–Crippen MR) is 97.1 cm³/mol. The van der Waals surface area contributed by atoms with Gasteiger partial charge in [-0.05, 0) is 12.1 Å². The summed E-state index contributed by atoms with van der Waals surface area (Å²) in [6.07, 6.45) is 1.49. The molecule has 1 fully saturated rings. The number of carbonyl (C=O) groups excluding carboxylic acids is 1. The maximum absolute atomic E-state index is 12.3. The van der Waals surface area contributed by atoms with Crippen LogP contribution in [0.4, 0.5) is 5.95 Å². The summed E-state index contributed by atoms with van der Waals surface area (Å²) in [6, 6.07) is 14.5. The van der Waals surface area contributed by atoms with Crippen molar-refractivity contribution in [2.45, 2.75) is 0 Å². The van der Waals surface area contributed by atoms with E-state index in [1.807, 2.05) is 35.2 Å². The molecule has 26 heavy (non-hydrogen) atoms. The Bertz CT molecular complexity index is 942. The molecule has 1 aromatic carbocycles. The largest absolute Gasteiger partial charge is 0.459 e. The number of aromatic nitrogens is 2. The van der Waals surface area contributed by atoms with Gasteiger partial charge in [0.1, 0.15) is 0 Å². The molecule has 4 rings (SSSR count). The van der Waals surface area contributed by atoms with E-state index in [9.17, 15) is 9.59 Å². The van der Waals surface area contributed by atoms with E-state index in [1.165, 1.54) is 12.3 Å². The maximum Gasteiger partial charge on any atom is 0.289 e. The van der Waals surface area contributed by atoms with Crippen LogP contribution in [0.1, 0.15) is 10.6 Å². The monoisotopic (exact) mass is 350 g/mol. The molecule has 0 radical (unpaired) electrons. The fourth-order valence-corrected chi connectivity index (χ4v) is 3.03. The van der Waals surface area contributed by atoms with Crippen LogP contribution in [-0.2, 0) is 0 Å². The van der Waals surface area contributed by atoms with Crippen LogP contribution in [0.3, 0.4) is 0 Å². The van der Waals surface area contributed by atoms with Crippen molar-refractivity contribution in [3.05, 3.63) is 70.9 Å². The van der Waals surface area contributed by atoms with E-state index in [-0.39, 0.29) is 11.5 Å². The van der Waals surface area contributed by atoms with E-state index in [0.29, 0.717) is 43.6 Å². The van der Waals surface area contributed by atoms with Crippen LogP contribution in [-0.4, -0.2) is 47.0 Å². The van der Waals surface area contributed by atoms with Gasteiger partial charge in [-0.2, -0.15) is 0 Å². The summed E-state index contributed by atoms with van der Waals surface area (Å²) in [4.78, 5) is 35.5. The second kappa shape index (κ2) is 6.87. The number of hydrogen-bond acceptors (Lipinski definition) is 5. The van der Waals surface area contributed by atoms with Crippen LogP contribution >= 0.6 is 0 Å². The van der Waals surface area contributed by atoms with Gasteiger partial charge in [0.15, 0.2) is 5.76 Å². The summed E-state index contributed by atoms with van der Waals surface area (Å²) in [7, 11) is 0. The number of hydrogen-bond donors (Lipinski definition) is 1. The van der Waals surface area contributed by atoms with Crippen molar-refractivity contribution < 1.29 is 9.21 Å². The van der Waals surface area contributed by atoms with Gasteiger partial charge in [0.25, 0.3) is 11.5 Å². The summed E-state index contributed by atoms with van der Waals surface area (Å²) < 4.78 is 5.18. The lowest BCUT2D eigenvalue weighted by molar-refractivity contribution is 0.0714. The molecule has 3 heterocycles. The normalized spacial score (nSPS) is 14.5. The van der Waals surface area contributed by atoms with Crippen LogP contribution in [0.15, 0.2) is 64.0 Å². The van der Waals surface area contributed by atoms with Gasteiger partial charge >= 0.3 is 0 Å². The zero-order valence-corrected chi connectivity index (χ0v) is 14.1. The van der Waals surface area contributed by atoms with Gasteiger partial charge < -0.3 is 14.2 Å². The lowest BCUT2D eigenvalue weighted by Gasteiger charge is -2.34. The molecule has 0 aliphatic carbocycles. The van der Waals surface area contributed by atoms with E-state index in [0.717, 1.165) is 5.56 Å². The first-order chi connectivity index (χ1) is 12.7. The van der Waals surface area contributed by atoms with E-state index in [2.05, 4.69) is 9.97 Å². The Morgan fingerprint density at radius 1 is 1.04 bits per heavy atom. The Kier molecular flexibility index (Phi) is 4.27. The number of anilines is 1. The number of nitrogens with one attached hydrogen (secondary N) is 1. The molecular weight excluding hydrogens is 332 g/mol. The smallest absolute Gasteiger partial charge is 0.289 e. The van der Waals surface area contributed by atoms with E-state index >= 15 is 0 Å². The van der Waals surface area contributed by atoms with Crippen LogP contribution in [0.25, 0.3) is 11.3 Å². The highest BCUT2D eigenvalue weighted by Gasteiger charge is 2.24. The molecule has 2 aromatic heterocycles. The van der Waals surface area contributed by atoms with Crippen LogP contribution in [0.2, 0.25) is 0 Å². The number of H-pyrrole nitrogens is 1. The second-order valence-electron chi connectivity index (χ2n) is 6.08. The fraction of sp³-hybridized carbons (Fsp3) is 0.211. The van der Waals surface area contributed by atoms with Gasteiger partial charge in [-0.3, -0.25) is 14.6 Å². The third-order valence-electron chi connectivity index (χ3n) is 4.40. The van der Waals surface area contributed by atoms with Gasteiger partial charge in [0.2, 0.25) is 5.95 Å². The minimum Gasteiger partial charge on any atom is -0.459 e. The number of benzene rings is 1. The molecule has 7 heteroatoms. The van der Waals surface area contributed by atoms with E-state index in [4.69, 9.17) is 4.42 Å². The number of aromatic amines is 1. The average molecular weight is 350 g/mol. The molecule has 1 saturated heterocycles. The Labute approximate surface area is 149 Å².